The molecule has 1 aromatic carbocycles. The molecule has 0 amide bonds. The predicted octanol–water partition coefficient (Wildman–Crippen LogP) is 1.24. The zero-order valence-corrected chi connectivity index (χ0v) is 10.2. The number of hydrogen-bond donors (Lipinski definition) is 2. The van der Waals surface area contributed by atoms with E-state index in [1.54, 1.807) is 0 Å². The summed E-state index contributed by atoms with van der Waals surface area (Å²) in [5, 5.41) is 9.95. The van der Waals surface area contributed by atoms with E-state index >= 15 is 0 Å². The van der Waals surface area contributed by atoms with Gasteiger partial charge in [0, 0.05) is 0 Å². The molecule has 0 saturated heterocycles. The maximum absolute atomic E-state index is 11.5. The number of aryl methyl sites for hydroxylation is 2. The Bertz CT molecular complexity index is 497. The van der Waals surface area contributed by atoms with Crippen molar-refractivity contribution in [2.45, 2.75) is 37.0 Å². The Morgan fingerprint density at radius 2 is 1.65 bits per heavy atom. The number of phenols is 1. The Morgan fingerprint density at radius 1 is 1.12 bits per heavy atom. The van der Waals surface area contributed by atoms with Gasteiger partial charge in [-0.15, -0.1) is 0 Å². The minimum absolute atomic E-state index is 0.0182. The molecule has 6 heteroatoms. The molecule has 0 aromatic heterocycles. The molecule has 0 fully saturated rings. The molecule has 5 nitrogen and oxygen atoms in total. The van der Waals surface area contributed by atoms with Gasteiger partial charge in [-0.25, -0.2) is 0 Å². The number of hydrogen-bond acceptors (Lipinski definition) is 5. The first kappa shape index (κ1) is 12.3. The van der Waals surface area contributed by atoms with Crippen molar-refractivity contribution >= 4 is 10.1 Å². The van der Waals surface area contributed by atoms with E-state index in [1.165, 1.54) is 12.1 Å². The molecular formula is C11H15NO4S. The van der Waals surface area contributed by atoms with Gasteiger partial charge in [0.25, 0.3) is 0 Å². The molecule has 0 unspecified atom stereocenters. The molecule has 0 saturated carbocycles. The summed E-state index contributed by atoms with van der Waals surface area (Å²) < 4.78 is 27.1. The van der Waals surface area contributed by atoms with Gasteiger partial charge in [0.1, 0.15) is 5.75 Å². The van der Waals surface area contributed by atoms with E-state index in [0.717, 1.165) is 19.3 Å². The number of benzene rings is 1. The largest absolute Gasteiger partial charge is 0.507 e. The minimum Gasteiger partial charge on any atom is -0.507 e. The van der Waals surface area contributed by atoms with Crippen molar-refractivity contribution in [3.05, 3.63) is 23.3 Å². The van der Waals surface area contributed by atoms with Crippen molar-refractivity contribution < 1.29 is 17.8 Å². The Labute approximate surface area is 100 Å². The first-order chi connectivity index (χ1) is 8.04. The van der Waals surface area contributed by atoms with Crippen LogP contribution in [0.5, 0.6) is 5.75 Å². The molecule has 0 heterocycles. The van der Waals surface area contributed by atoms with Gasteiger partial charge in [0.05, 0.1) is 4.90 Å². The van der Waals surface area contributed by atoms with Crippen LogP contribution in [0.25, 0.3) is 0 Å². The van der Waals surface area contributed by atoms with Gasteiger partial charge in [-0.3, -0.25) is 0 Å². The molecule has 0 atom stereocenters. The van der Waals surface area contributed by atoms with Crippen LogP contribution in [0.3, 0.4) is 0 Å². The van der Waals surface area contributed by atoms with Crippen molar-refractivity contribution in [3.63, 3.8) is 0 Å². The van der Waals surface area contributed by atoms with E-state index in [2.05, 4.69) is 4.28 Å². The normalized spacial score (nSPS) is 16.3. The minimum atomic E-state index is -3.90. The highest BCUT2D eigenvalue weighted by molar-refractivity contribution is 7.86. The topological polar surface area (TPSA) is 89.6 Å². The first-order valence-corrected chi connectivity index (χ1v) is 6.93. The molecule has 0 aliphatic heterocycles. The van der Waals surface area contributed by atoms with E-state index in [9.17, 15) is 13.5 Å². The van der Waals surface area contributed by atoms with Crippen LogP contribution in [0, 0.1) is 0 Å². The highest BCUT2D eigenvalue weighted by Gasteiger charge is 2.20. The van der Waals surface area contributed by atoms with Crippen LogP contribution in [0.2, 0.25) is 0 Å². The average Bonchev–Trinajstić information content (AvgIpc) is 2.32. The summed E-state index contributed by atoms with van der Waals surface area (Å²) in [6.07, 6.45) is 4.32. The lowest BCUT2D eigenvalue weighted by molar-refractivity contribution is 0.332. The summed E-state index contributed by atoms with van der Waals surface area (Å²) in [4.78, 5) is 0.0182. The van der Waals surface area contributed by atoms with Crippen molar-refractivity contribution in [2.24, 2.45) is 5.90 Å². The van der Waals surface area contributed by atoms with Gasteiger partial charge < -0.3 is 5.11 Å². The van der Waals surface area contributed by atoms with Crippen LogP contribution in [0.4, 0.5) is 0 Å². The van der Waals surface area contributed by atoms with Crippen LogP contribution < -0.4 is 5.90 Å². The third-order valence-electron chi connectivity index (χ3n) is 3.05. The summed E-state index contributed by atoms with van der Waals surface area (Å²) in [7, 11) is -3.90. The molecule has 1 aromatic rings. The highest BCUT2D eigenvalue weighted by atomic mass is 32.2. The van der Waals surface area contributed by atoms with Gasteiger partial charge in [-0.1, -0.05) is 6.42 Å². The highest BCUT2D eigenvalue weighted by Crippen LogP contribution is 2.31. The summed E-state index contributed by atoms with van der Waals surface area (Å²) in [5.74, 6) is 4.96. The number of nitrogens with two attached hydrogens (primary N) is 1. The van der Waals surface area contributed by atoms with Crippen molar-refractivity contribution in [2.75, 3.05) is 0 Å². The average molecular weight is 257 g/mol. The molecule has 1 aliphatic carbocycles. The van der Waals surface area contributed by atoms with E-state index in [-0.39, 0.29) is 10.6 Å². The smallest absolute Gasteiger partial charge is 0.312 e. The molecule has 94 valence electrons. The SMILES string of the molecule is NOS(=O)(=O)c1cc2c(O)c(c1)CCCCC2. The van der Waals surface area contributed by atoms with Crippen LogP contribution in [-0.2, 0) is 27.2 Å². The summed E-state index contributed by atoms with van der Waals surface area (Å²) in [5.41, 5.74) is 1.30. The maximum atomic E-state index is 11.5. The Kier molecular flexibility index (Phi) is 3.37. The third-order valence-corrected chi connectivity index (χ3v) is 4.12. The molecule has 17 heavy (non-hydrogen) atoms. The number of rotatable bonds is 2. The lowest BCUT2D eigenvalue weighted by atomic mass is 9.95. The maximum Gasteiger partial charge on any atom is 0.312 e. The molecule has 0 radical (unpaired) electrons. The van der Waals surface area contributed by atoms with E-state index in [0.29, 0.717) is 24.0 Å². The molecule has 1 aliphatic rings. The van der Waals surface area contributed by atoms with E-state index < -0.39 is 10.1 Å². The summed E-state index contributed by atoms with van der Waals surface area (Å²) in [6, 6.07) is 2.87. The van der Waals surface area contributed by atoms with Crippen molar-refractivity contribution in [1.29, 1.82) is 0 Å². The molecule has 0 spiro atoms. The number of aromatic hydroxyl groups is 1. The van der Waals surface area contributed by atoms with E-state index in [4.69, 9.17) is 5.90 Å². The van der Waals surface area contributed by atoms with Gasteiger partial charge >= 0.3 is 10.1 Å². The fourth-order valence-corrected chi connectivity index (χ4v) is 2.80. The second kappa shape index (κ2) is 4.64. The second-order valence-corrected chi connectivity index (χ2v) is 5.77. The Morgan fingerprint density at radius 3 is 2.12 bits per heavy atom. The fraction of sp³-hybridized carbons (Fsp3) is 0.455. The standard InChI is InChI=1S/C11H15NO4S/c12-16-17(14,15)10-6-8-4-2-1-3-5-9(7-10)11(8)13/h6-7,13H,1-5,12H2. The van der Waals surface area contributed by atoms with Crippen molar-refractivity contribution in [3.8, 4) is 5.75 Å². The summed E-state index contributed by atoms with van der Waals surface area (Å²) in [6.45, 7) is 0. The van der Waals surface area contributed by atoms with Crippen LogP contribution in [-0.4, -0.2) is 13.5 Å². The Hall–Kier alpha value is -1.11. The molecule has 2 bridgehead atoms. The summed E-state index contributed by atoms with van der Waals surface area (Å²) >= 11 is 0. The Balaban J connectivity index is 2.56. The molecule has 3 N–H and O–H groups in total. The van der Waals surface area contributed by atoms with Gasteiger partial charge in [0.15, 0.2) is 0 Å². The zero-order chi connectivity index (χ0) is 12.5. The van der Waals surface area contributed by atoms with Crippen LogP contribution >= 0.6 is 0 Å². The van der Waals surface area contributed by atoms with Gasteiger partial charge in [-0.2, -0.15) is 18.6 Å². The third kappa shape index (κ3) is 2.43. The zero-order valence-electron chi connectivity index (χ0n) is 9.35. The number of phenolic OH excluding ortho intramolecular Hbond substituents is 1. The van der Waals surface area contributed by atoms with E-state index in [1.807, 2.05) is 0 Å². The van der Waals surface area contributed by atoms with Crippen molar-refractivity contribution in [1.82, 2.24) is 0 Å². The van der Waals surface area contributed by atoms with Gasteiger partial charge in [0.2, 0.25) is 0 Å². The predicted molar refractivity (Wildman–Crippen MR) is 61.8 cm³/mol. The monoisotopic (exact) mass is 257 g/mol. The second-order valence-electron chi connectivity index (χ2n) is 4.20. The first-order valence-electron chi connectivity index (χ1n) is 5.53. The number of fused-ring (bicyclic) bond motifs is 2. The fourth-order valence-electron chi connectivity index (χ4n) is 2.12. The van der Waals surface area contributed by atoms with Crippen LogP contribution in [0.1, 0.15) is 30.4 Å². The van der Waals surface area contributed by atoms with Gasteiger partial charge in [-0.05, 0) is 48.9 Å². The quantitative estimate of drug-likeness (QED) is 0.778. The molecule has 2 rings (SSSR count). The lowest BCUT2D eigenvalue weighted by Crippen LogP contribution is -2.12. The lowest BCUT2D eigenvalue weighted by Gasteiger charge is -2.15. The molecular weight excluding hydrogens is 242 g/mol. The van der Waals surface area contributed by atoms with Crippen LogP contribution in [0.15, 0.2) is 17.0 Å².